The highest BCUT2D eigenvalue weighted by Crippen LogP contribution is 2.28. The van der Waals surface area contributed by atoms with E-state index in [0.29, 0.717) is 16.5 Å². The van der Waals surface area contributed by atoms with Gasteiger partial charge in [-0.3, -0.25) is 19.5 Å². The van der Waals surface area contributed by atoms with Crippen molar-refractivity contribution in [1.82, 2.24) is 20.2 Å². The molecule has 1 amide bonds. The molecule has 1 heterocycles. The average molecular weight is 537 g/mol. The third-order valence-corrected chi connectivity index (χ3v) is 6.07. The van der Waals surface area contributed by atoms with E-state index in [1.807, 2.05) is 59.2 Å². The second-order valence-corrected chi connectivity index (χ2v) is 8.74. The van der Waals surface area contributed by atoms with Crippen molar-refractivity contribution in [1.29, 1.82) is 0 Å². The van der Waals surface area contributed by atoms with E-state index in [0.717, 1.165) is 15.7 Å². The van der Waals surface area contributed by atoms with E-state index in [-0.39, 0.29) is 17.3 Å². The Hall–Kier alpha value is -3.83. The van der Waals surface area contributed by atoms with E-state index in [1.165, 1.54) is 24.0 Å². The molecule has 1 N–H and O–H groups in total. The zero-order valence-electron chi connectivity index (χ0n) is 17.5. The zero-order valence-corrected chi connectivity index (χ0v) is 19.9. The second kappa shape index (κ2) is 10.9. The van der Waals surface area contributed by atoms with Crippen LogP contribution in [0.25, 0.3) is 17.1 Å². The van der Waals surface area contributed by atoms with E-state index in [4.69, 9.17) is 0 Å². The van der Waals surface area contributed by atoms with Crippen molar-refractivity contribution >= 4 is 45.5 Å². The SMILES string of the molecule is O=C(CSc1nnc(-c2ccccc2)n1-c1ccc(Br)cc1)N/N=C/c1ccccc1[N+](=O)[O-]. The monoisotopic (exact) mass is 536 g/mol. The maximum atomic E-state index is 12.4. The van der Waals surface area contributed by atoms with Crippen molar-refractivity contribution in [2.24, 2.45) is 5.10 Å². The molecule has 9 nitrogen and oxygen atoms in total. The number of halogens is 1. The van der Waals surface area contributed by atoms with Gasteiger partial charge >= 0.3 is 0 Å². The number of nitrogens with zero attached hydrogens (tertiary/aromatic N) is 5. The molecular weight excluding hydrogens is 520 g/mol. The molecule has 0 unspecified atom stereocenters. The molecule has 0 bridgehead atoms. The van der Waals surface area contributed by atoms with Crippen LogP contribution in [0.5, 0.6) is 0 Å². The summed E-state index contributed by atoms with van der Waals surface area (Å²) in [6.45, 7) is 0. The molecule has 0 aliphatic carbocycles. The Morgan fingerprint density at radius 3 is 2.50 bits per heavy atom. The fourth-order valence-electron chi connectivity index (χ4n) is 3.06. The molecule has 0 fully saturated rings. The zero-order chi connectivity index (χ0) is 23.9. The summed E-state index contributed by atoms with van der Waals surface area (Å²) >= 11 is 4.65. The van der Waals surface area contributed by atoms with E-state index in [1.54, 1.807) is 18.2 Å². The Morgan fingerprint density at radius 2 is 1.76 bits per heavy atom. The summed E-state index contributed by atoms with van der Waals surface area (Å²) in [5.41, 5.74) is 4.34. The number of nitro benzene ring substituents is 1. The Morgan fingerprint density at radius 1 is 1.06 bits per heavy atom. The second-order valence-electron chi connectivity index (χ2n) is 6.88. The summed E-state index contributed by atoms with van der Waals surface area (Å²) in [6.07, 6.45) is 1.25. The number of nitro groups is 1. The van der Waals surface area contributed by atoms with Crippen LogP contribution in [0.3, 0.4) is 0 Å². The van der Waals surface area contributed by atoms with E-state index >= 15 is 0 Å². The van der Waals surface area contributed by atoms with Crippen molar-refractivity contribution in [3.63, 3.8) is 0 Å². The minimum Gasteiger partial charge on any atom is -0.272 e. The van der Waals surface area contributed by atoms with E-state index in [2.05, 4.69) is 36.7 Å². The Bertz CT molecular complexity index is 1340. The molecule has 0 atom stereocenters. The van der Waals surface area contributed by atoms with Gasteiger partial charge in [0.1, 0.15) is 0 Å². The molecule has 0 spiro atoms. The standard InChI is InChI=1S/C23H17BrN6O3S/c24-18-10-12-19(13-11-18)29-22(16-6-2-1-3-7-16)27-28-23(29)34-15-21(31)26-25-14-17-8-4-5-9-20(17)30(32)33/h1-14H,15H2,(H,26,31)/b25-14+. The third-order valence-electron chi connectivity index (χ3n) is 4.61. The summed E-state index contributed by atoms with van der Waals surface area (Å²) in [6, 6.07) is 23.5. The molecular formula is C23H17BrN6O3S. The molecule has 1 aromatic heterocycles. The number of thioether (sulfide) groups is 1. The fraction of sp³-hybridized carbons (Fsp3) is 0.0435. The molecule has 34 heavy (non-hydrogen) atoms. The molecule has 4 aromatic rings. The number of carbonyl (C=O) groups excluding carboxylic acids is 1. The number of hydrazone groups is 1. The highest BCUT2D eigenvalue weighted by Gasteiger charge is 2.17. The Balaban J connectivity index is 1.50. The summed E-state index contributed by atoms with van der Waals surface area (Å²) in [4.78, 5) is 22.9. The minimum atomic E-state index is -0.502. The van der Waals surface area contributed by atoms with Gasteiger partial charge in [0.2, 0.25) is 0 Å². The minimum absolute atomic E-state index is 0.0255. The van der Waals surface area contributed by atoms with Gasteiger partial charge in [-0.1, -0.05) is 70.2 Å². The number of hydrogen-bond donors (Lipinski definition) is 1. The first-order valence-electron chi connectivity index (χ1n) is 9.98. The van der Waals surface area contributed by atoms with Crippen molar-refractivity contribution < 1.29 is 9.72 Å². The molecule has 0 radical (unpaired) electrons. The normalized spacial score (nSPS) is 11.0. The van der Waals surface area contributed by atoms with Crippen LogP contribution in [-0.4, -0.2) is 37.6 Å². The number of benzene rings is 3. The quantitative estimate of drug-likeness (QED) is 0.149. The first kappa shape index (κ1) is 23.3. The molecule has 0 aliphatic rings. The van der Waals surface area contributed by atoms with Crippen LogP contribution in [0.4, 0.5) is 5.69 Å². The number of para-hydroxylation sites is 1. The van der Waals surface area contributed by atoms with Crippen molar-refractivity contribution in [3.05, 3.63) is 99.0 Å². The lowest BCUT2D eigenvalue weighted by Crippen LogP contribution is -2.20. The van der Waals surface area contributed by atoms with Crippen molar-refractivity contribution in [2.75, 3.05) is 5.75 Å². The van der Waals surface area contributed by atoms with E-state index < -0.39 is 4.92 Å². The van der Waals surface area contributed by atoms with Crippen LogP contribution >= 0.6 is 27.7 Å². The summed E-state index contributed by atoms with van der Waals surface area (Å²) in [7, 11) is 0. The Kier molecular flexibility index (Phi) is 7.45. The Labute approximate surface area is 207 Å². The van der Waals surface area contributed by atoms with Gasteiger partial charge in [-0.15, -0.1) is 10.2 Å². The molecule has 3 aromatic carbocycles. The van der Waals surface area contributed by atoms with Crippen LogP contribution in [0, 0.1) is 10.1 Å². The lowest BCUT2D eigenvalue weighted by Gasteiger charge is -2.10. The highest BCUT2D eigenvalue weighted by molar-refractivity contribution is 9.10. The van der Waals surface area contributed by atoms with Gasteiger partial charge in [-0.25, -0.2) is 5.43 Å². The first-order valence-corrected chi connectivity index (χ1v) is 11.8. The van der Waals surface area contributed by atoms with Crippen LogP contribution in [0.2, 0.25) is 0 Å². The fourth-order valence-corrected chi connectivity index (χ4v) is 4.07. The van der Waals surface area contributed by atoms with E-state index in [9.17, 15) is 14.9 Å². The average Bonchev–Trinajstić information content (AvgIpc) is 3.28. The number of aromatic nitrogens is 3. The van der Waals surface area contributed by atoms with Gasteiger partial charge in [-0.05, 0) is 30.3 Å². The van der Waals surface area contributed by atoms with Crippen LogP contribution in [0.1, 0.15) is 5.56 Å². The van der Waals surface area contributed by atoms with Gasteiger partial charge in [0.25, 0.3) is 11.6 Å². The predicted octanol–water partition coefficient (Wildman–Crippen LogP) is 4.85. The van der Waals surface area contributed by atoms with Gasteiger partial charge in [0.05, 0.1) is 22.5 Å². The predicted molar refractivity (Wildman–Crippen MR) is 134 cm³/mol. The lowest BCUT2D eigenvalue weighted by molar-refractivity contribution is -0.385. The molecule has 11 heteroatoms. The number of nitrogens with one attached hydrogen (secondary N) is 1. The third kappa shape index (κ3) is 5.56. The molecule has 170 valence electrons. The smallest absolute Gasteiger partial charge is 0.272 e. The summed E-state index contributed by atoms with van der Waals surface area (Å²) in [5, 5.41) is 24.1. The summed E-state index contributed by atoms with van der Waals surface area (Å²) in [5.74, 6) is 0.296. The number of amides is 1. The van der Waals surface area contributed by atoms with Crippen LogP contribution in [-0.2, 0) is 4.79 Å². The van der Waals surface area contributed by atoms with Crippen LogP contribution in [0.15, 0.2) is 93.6 Å². The number of hydrogen-bond acceptors (Lipinski definition) is 7. The number of carbonyl (C=O) groups is 1. The lowest BCUT2D eigenvalue weighted by atomic mass is 10.2. The van der Waals surface area contributed by atoms with Gasteiger partial charge < -0.3 is 0 Å². The topological polar surface area (TPSA) is 115 Å². The maximum absolute atomic E-state index is 12.4. The molecule has 0 saturated carbocycles. The van der Waals surface area contributed by atoms with Gasteiger partial charge in [0.15, 0.2) is 11.0 Å². The molecule has 0 aliphatic heterocycles. The van der Waals surface area contributed by atoms with Gasteiger partial charge in [-0.2, -0.15) is 5.10 Å². The summed E-state index contributed by atoms with van der Waals surface area (Å²) < 4.78 is 2.83. The molecule has 0 saturated heterocycles. The van der Waals surface area contributed by atoms with Crippen LogP contribution < -0.4 is 5.43 Å². The molecule has 4 rings (SSSR count). The highest BCUT2D eigenvalue weighted by atomic mass is 79.9. The first-order chi connectivity index (χ1) is 16.5. The number of rotatable bonds is 8. The van der Waals surface area contributed by atoms with Gasteiger partial charge in [0, 0.05) is 21.8 Å². The van der Waals surface area contributed by atoms with Crippen molar-refractivity contribution in [2.45, 2.75) is 5.16 Å². The van der Waals surface area contributed by atoms with Crippen molar-refractivity contribution in [3.8, 4) is 17.1 Å². The largest absolute Gasteiger partial charge is 0.278 e. The maximum Gasteiger partial charge on any atom is 0.278 e.